The molecule has 2 unspecified atom stereocenters. The molecule has 9 N–H and O–H groups in total. The molecule has 3 heterocycles. The van der Waals surface area contributed by atoms with Crippen LogP contribution in [0.2, 0.25) is 0 Å². The van der Waals surface area contributed by atoms with E-state index >= 15 is 0 Å². The number of aliphatic hydroxyl groups is 3. The molecule has 0 saturated carbocycles. The molecule has 0 fully saturated rings. The predicted octanol–water partition coefficient (Wildman–Crippen LogP) is -1.29. The highest BCUT2D eigenvalue weighted by molar-refractivity contribution is 9.10. The number of halogens is 1. The van der Waals surface area contributed by atoms with Gasteiger partial charge in [0.05, 0.1) is 23.5 Å². The fourth-order valence-electron chi connectivity index (χ4n) is 1.64. The molecule has 0 aliphatic carbocycles. The van der Waals surface area contributed by atoms with E-state index in [1.807, 2.05) is 4.98 Å². The van der Waals surface area contributed by atoms with Gasteiger partial charge in [-0.15, -0.1) is 0 Å². The van der Waals surface area contributed by atoms with E-state index in [-0.39, 0.29) is 12.4 Å². The molecule has 2 atom stereocenters. The summed E-state index contributed by atoms with van der Waals surface area (Å²) in [5.74, 6) is 0.287. The summed E-state index contributed by atoms with van der Waals surface area (Å²) in [6.45, 7) is -0.519. The third-order valence-electron chi connectivity index (χ3n) is 3.06. The lowest BCUT2D eigenvalue weighted by molar-refractivity contribution is -0.111. The summed E-state index contributed by atoms with van der Waals surface area (Å²) in [6, 6.07) is 0. The maximum atomic E-state index is 10.5. The van der Waals surface area contributed by atoms with E-state index in [0.29, 0.717) is 26.6 Å². The van der Waals surface area contributed by atoms with E-state index in [0.717, 1.165) is 0 Å². The first-order chi connectivity index (χ1) is 13.7. The number of nitrogens with zero attached hydrogens (tertiary/aromatic N) is 2. The first-order valence-corrected chi connectivity index (χ1v) is 8.96. The van der Waals surface area contributed by atoms with Crippen LogP contribution in [0.1, 0.15) is 6.42 Å². The average Bonchev–Trinajstić information content (AvgIpc) is 3.14. The second-order valence-electron chi connectivity index (χ2n) is 5.19. The number of hydrogen-bond acceptors (Lipinski definition) is 10. The Morgan fingerprint density at radius 3 is 2.48 bits per heavy atom. The van der Waals surface area contributed by atoms with Crippen LogP contribution >= 0.6 is 28.1 Å². The largest absolute Gasteiger partial charge is 0.394 e. The minimum atomic E-state index is -1.20. The molecule has 0 radical (unpaired) electrons. The molecule has 158 valence electrons. The number of aldehydes is 1. The van der Waals surface area contributed by atoms with Crippen molar-refractivity contribution in [3.63, 3.8) is 0 Å². The number of anilines is 1. The van der Waals surface area contributed by atoms with E-state index in [4.69, 9.17) is 33.3 Å². The Labute approximate surface area is 175 Å². The van der Waals surface area contributed by atoms with Crippen molar-refractivity contribution in [3.8, 4) is 0 Å². The number of nitrogens with one attached hydrogen (secondary N) is 4. The zero-order chi connectivity index (χ0) is 22.0. The van der Waals surface area contributed by atoms with Crippen LogP contribution in [0.15, 0.2) is 26.6 Å². The van der Waals surface area contributed by atoms with Crippen molar-refractivity contribution in [2.45, 2.75) is 18.6 Å². The molecular weight excluding hydrogens is 474 g/mol. The van der Waals surface area contributed by atoms with Crippen LogP contribution in [-0.2, 0) is 4.79 Å². The van der Waals surface area contributed by atoms with Gasteiger partial charge in [0.1, 0.15) is 17.9 Å². The molecule has 15 heteroatoms. The molecular formula is C14H18BrN7O6S. The number of fused-ring (bicyclic) bond motifs is 1. The maximum absolute atomic E-state index is 10.5. The van der Waals surface area contributed by atoms with Crippen LogP contribution in [0.4, 0.5) is 5.95 Å². The maximum Gasteiger partial charge on any atom is 0.325 e. The lowest BCUT2D eigenvalue weighted by Gasteiger charge is -2.11. The van der Waals surface area contributed by atoms with Gasteiger partial charge in [-0.2, -0.15) is 0 Å². The first-order valence-electron chi connectivity index (χ1n) is 7.76. The van der Waals surface area contributed by atoms with Crippen molar-refractivity contribution in [2.24, 2.45) is 0 Å². The number of carbonyl (C=O) groups excluding carboxylic acids is 1. The SMILES string of the molecule is Nc1nc(=S)c2[nH]cnc2[nH]1.O=CCC(O)C(O)CO.O=c1[nH]cc(Br)c(=O)[nH]1. The summed E-state index contributed by atoms with van der Waals surface area (Å²) in [5.41, 5.74) is 5.84. The Morgan fingerprint density at radius 2 is 1.93 bits per heavy atom. The van der Waals surface area contributed by atoms with Crippen LogP contribution in [0, 0.1) is 4.64 Å². The minimum absolute atomic E-state index is 0.137. The number of hydrogen-bond donors (Lipinski definition) is 8. The topological polar surface area (TPSA) is 227 Å². The summed E-state index contributed by atoms with van der Waals surface area (Å²) < 4.78 is 0.760. The van der Waals surface area contributed by atoms with Crippen molar-refractivity contribution >= 4 is 51.5 Å². The third-order valence-corrected chi connectivity index (χ3v) is 3.95. The second kappa shape index (κ2) is 12.0. The molecule has 0 saturated heterocycles. The molecule has 0 aromatic carbocycles. The molecule has 3 aromatic heterocycles. The number of aromatic amines is 4. The van der Waals surface area contributed by atoms with E-state index in [9.17, 15) is 14.4 Å². The molecule has 13 nitrogen and oxygen atoms in total. The molecule has 0 aliphatic rings. The lowest BCUT2D eigenvalue weighted by Crippen LogP contribution is -2.29. The van der Waals surface area contributed by atoms with Gasteiger partial charge in [-0.1, -0.05) is 12.2 Å². The first kappa shape index (κ1) is 24.3. The molecule has 29 heavy (non-hydrogen) atoms. The number of aromatic nitrogens is 6. The van der Waals surface area contributed by atoms with Gasteiger partial charge in [0.25, 0.3) is 5.56 Å². The lowest BCUT2D eigenvalue weighted by atomic mass is 10.2. The minimum Gasteiger partial charge on any atom is -0.394 e. The summed E-state index contributed by atoms with van der Waals surface area (Å²) in [5, 5.41) is 25.5. The molecule has 0 spiro atoms. The van der Waals surface area contributed by atoms with Gasteiger partial charge < -0.3 is 40.8 Å². The van der Waals surface area contributed by atoms with Crippen LogP contribution in [0.3, 0.4) is 0 Å². The summed E-state index contributed by atoms with van der Waals surface area (Å²) in [7, 11) is 0. The van der Waals surface area contributed by atoms with Crippen LogP contribution in [-0.4, -0.2) is 70.3 Å². The van der Waals surface area contributed by atoms with Crippen LogP contribution in [0.25, 0.3) is 11.2 Å². The highest BCUT2D eigenvalue weighted by Crippen LogP contribution is 2.06. The smallest absolute Gasteiger partial charge is 0.325 e. The Morgan fingerprint density at radius 1 is 1.24 bits per heavy atom. The van der Waals surface area contributed by atoms with E-state index in [1.54, 1.807) is 0 Å². The number of imidazole rings is 1. The zero-order valence-corrected chi connectivity index (χ0v) is 17.0. The number of carbonyl (C=O) groups is 1. The zero-order valence-electron chi connectivity index (χ0n) is 14.6. The van der Waals surface area contributed by atoms with Crippen molar-refractivity contribution in [1.29, 1.82) is 0 Å². The van der Waals surface area contributed by atoms with Gasteiger partial charge in [0, 0.05) is 12.6 Å². The molecule has 3 rings (SSSR count). The Bertz CT molecular complexity index is 1090. The summed E-state index contributed by atoms with van der Waals surface area (Å²) >= 11 is 7.83. The molecule has 0 aliphatic heterocycles. The van der Waals surface area contributed by atoms with Crippen molar-refractivity contribution in [3.05, 3.63) is 42.5 Å². The van der Waals surface area contributed by atoms with Gasteiger partial charge in [-0.05, 0) is 15.9 Å². The number of nitrogens with two attached hydrogens (primary N) is 1. The van der Waals surface area contributed by atoms with Crippen LogP contribution < -0.4 is 17.0 Å². The van der Waals surface area contributed by atoms with Gasteiger partial charge in [-0.25, -0.2) is 14.8 Å². The number of rotatable bonds is 4. The fourth-order valence-corrected chi connectivity index (χ4v) is 2.10. The fraction of sp³-hybridized carbons (Fsp3) is 0.286. The number of aliphatic hydroxyl groups excluding tert-OH is 3. The van der Waals surface area contributed by atoms with Gasteiger partial charge in [0.2, 0.25) is 5.95 Å². The van der Waals surface area contributed by atoms with Crippen molar-refractivity contribution in [1.82, 2.24) is 29.9 Å². The summed E-state index contributed by atoms with van der Waals surface area (Å²) in [4.78, 5) is 48.2. The Balaban J connectivity index is 0.000000220. The Hall–Kier alpha value is -2.72. The normalized spacial score (nSPS) is 12.1. The predicted molar refractivity (Wildman–Crippen MR) is 109 cm³/mol. The second-order valence-corrected chi connectivity index (χ2v) is 6.43. The van der Waals surface area contributed by atoms with E-state index < -0.39 is 30.1 Å². The summed E-state index contributed by atoms with van der Waals surface area (Å²) in [6.07, 6.45) is 0.854. The van der Waals surface area contributed by atoms with Gasteiger partial charge >= 0.3 is 5.69 Å². The quantitative estimate of drug-likeness (QED) is 0.159. The highest BCUT2D eigenvalue weighted by atomic mass is 79.9. The van der Waals surface area contributed by atoms with Crippen molar-refractivity contribution in [2.75, 3.05) is 12.3 Å². The molecule has 0 bridgehead atoms. The standard InChI is InChI=1S/C5H5N5S.C5H10O4.C4H3BrN2O2/c6-5-9-3-2(4(11)10-5)7-1-8-3;6-2-1-4(8)5(9)3-7;5-2-1-6-4(9)7-3(2)8/h1H,(H4,6,7,8,9,10,11);2,4-5,7-9H,1,3H2;1H,(H2,6,7,8,9). The third kappa shape index (κ3) is 8.04. The van der Waals surface area contributed by atoms with E-state index in [1.165, 1.54) is 12.5 Å². The van der Waals surface area contributed by atoms with Gasteiger partial charge in [0.15, 0.2) is 10.3 Å². The van der Waals surface area contributed by atoms with Crippen molar-refractivity contribution < 1.29 is 20.1 Å². The highest BCUT2D eigenvalue weighted by Gasteiger charge is 2.13. The average molecular weight is 492 g/mol. The Kier molecular flexibility index (Phi) is 10.0. The van der Waals surface area contributed by atoms with E-state index in [2.05, 4.69) is 40.8 Å². The molecule has 0 amide bonds. The number of H-pyrrole nitrogens is 4. The van der Waals surface area contributed by atoms with Gasteiger partial charge in [-0.3, -0.25) is 9.78 Å². The molecule has 3 aromatic rings. The van der Waals surface area contributed by atoms with Crippen LogP contribution in [0.5, 0.6) is 0 Å². The monoisotopic (exact) mass is 491 g/mol. The number of nitrogen functional groups attached to an aromatic ring is 1.